The highest BCUT2D eigenvalue weighted by molar-refractivity contribution is 5.74. The predicted molar refractivity (Wildman–Crippen MR) is 72.6 cm³/mol. The zero-order valence-corrected chi connectivity index (χ0v) is 11.8. The van der Waals surface area contributed by atoms with Crippen LogP contribution >= 0.6 is 0 Å². The number of nitrogens with one attached hydrogen (secondary N) is 1. The summed E-state index contributed by atoms with van der Waals surface area (Å²) in [6, 6.07) is -0.220. The fourth-order valence-corrected chi connectivity index (χ4v) is 1.81. The number of hydrogen-bond donors (Lipinski definition) is 2. The van der Waals surface area contributed by atoms with Gasteiger partial charge in [0.05, 0.1) is 32.3 Å². The first kappa shape index (κ1) is 16.5. The molecule has 1 fully saturated rings. The number of urea groups is 1. The highest BCUT2D eigenvalue weighted by Gasteiger charge is 2.25. The summed E-state index contributed by atoms with van der Waals surface area (Å²) in [7, 11) is 0. The highest BCUT2D eigenvalue weighted by Crippen LogP contribution is 2.08. The van der Waals surface area contributed by atoms with E-state index in [0.29, 0.717) is 39.5 Å². The van der Waals surface area contributed by atoms with E-state index in [4.69, 9.17) is 14.6 Å². The van der Waals surface area contributed by atoms with E-state index in [9.17, 15) is 9.59 Å². The fraction of sp³-hybridized carbons (Fsp3) is 0.692. The lowest BCUT2D eigenvalue weighted by atomic mass is 10.2. The van der Waals surface area contributed by atoms with Crippen molar-refractivity contribution in [3.8, 4) is 0 Å². The molecule has 2 amide bonds. The molecule has 0 aromatic rings. The van der Waals surface area contributed by atoms with Crippen molar-refractivity contribution in [2.45, 2.75) is 19.4 Å². The molecule has 7 heteroatoms. The summed E-state index contributed by atoms with van der Waals surface area (Å²) in [5.41, 5.74) is 0.931. The summed E-state index contributed by atoms with van der Waals surface area (Å²) in [6.07, 6.45) is -0.530. The maximum absolute atomic E-state index is 11.9. The third-order valence-electron chi connectivity index (χ3n) is 2.70. The lowest BCUT2D eigenvalue weighted by Gasteiger charge is -2.32. The zero-order valence-electron chi connectivity index (χ0n) is 11.8. The van der Waals surface area contributed by atoms with Gasteiger partial charge in [-0.15, -0.1) is 0 Å². The van der Waals surface area contributed by atoms with E-state index in [1.54, 1.807) is 4.90 Å². The molecule has 1 aliphatic rings. The molecule has 0 aromatic carbocycles. The summed E-state index contributed by atoms with van der Waals surface area (Å²) < 4.78 is 10.6. The molecule has 0 aliphatic carbocycles. The van der Waals surface area contributed by atoms with Crippen molar-refractivity contribution in [2.75, 3.05) is 39.5 Å². The first-order valence-corrected chi connectivity index (χ1v) is 6.57. The monoisotopic (exact) mass is 286 g/mol. The maximum Gasteiger partial charge on any atom is 0.317 e. The number of amides is 2. The summed E-state index contributed by atoms with van der Waals surface area (Å²) in [5, 5.41) is 11.4. The Labute approximate surface area is 118 Å². The van der Waals surface area contributed by atoms with Crippen LogP contribution in [0.3, 0.4) is 0 Å². The van der Waals surface area contributed by atoms with Crippen molar-refractivity contribution in [3.05, 3.63) is 12.2 Å². The number of carbonyl (C=O) groups excluding carboxylic acids is 1. The van der Waals surface area contributed by atoms with Gasteiger partial charge < -0.3 is 24.8 Å². The number of hydrogen-bond acceptors (Lipinski definition) is 4. The average Bonchev–Trinajstić information content (AvgIpc) is 2.37. The van der Waals surface area contributed by atoms with Crippen molar-refractivity contribution in [3.63, 3.8) is 0 Å². The second kappa shape index (κ2) is 8.55. The first-order chi connectivity index (χ1) is 9.49. The van der Waals surface area contributed by atoms with Crippen molar-refractivity contribution in [1.29, 1.82) is 0 Å². The average molecular weight is 286 g/mol. The molecule has 0 saturated carbocycles. The van der Waals surface area contributed by atoms with E-state index in [2.05, 4.69) is 11.9 Å². The fourth-order valence-electron chi connectivity index (χ4n) is 1.81. The Balaban J connectivity index is 2.21. The van der Waals surface area contributed by atoms with E-state index in [-0.39, 0.29) is 12.5 Å². The maximum atomic E-state index is 11.9. The number of morpholine rings is 1. The Morgan fingerprint density at radius 2 is 2.30 bits per heavy atom. The Hall–Kier alpha value is -1.60. The minimum Gasteiger partial charge on any atom is -0.481 e. The number of ether oxygens (including phenoxy) is 2. The van der Waals surface area contributed by atoms with E-state index in [0.717, 1.165) is 5.57 Å². The molecule has 20 heavy (non-hydrogen) atoms. The lowest BCUT2D eigenvalue weighted by Crippen LogP contribution is -2.50. The van der Waals surface area contributed by atoms with Crippen LogP contribution in [0.1, 0.15) is 13.3 Å². The topological polar surface area (TPSA) is 88.1 Å². The molecule has 2 N–H and O–H groups in total. The summed E-state index contributed by atoms with van der Waals surface area (Å²) in [6.45, 7) is 8.01. The third-order valence-corrected chi connectivity index (χ3v) is 2.70. The second-order valence-corrected chi connectivity index (χ2v) is 4.78. The largest absolute Gasteiger partial charge is 0.481 e. The van der Waals surface area contributed by atoms with Gasteiger partial charge in [-0.05, 0) is 6.92 Å². The molecule has 1 aliphatic heterocycles. The normalized spacial score (nSPS) is 18.6. The van der Waals surface area contributed by atoms with Gasteiger partial charge in [0.15, 0.2) is 0 Å². The molecule has 1 rings (SSSR count). The molecule has 7 nitrogen and oxygen atoms in total. The minimum atomic E-state index is -0.926. The smallest absolute Gasteiger partial charge is 0.317 e. The summed E-state index contributed by atoms with van der Waals surface area (Å²) in [5.74, 6) is -0.926. The number of carboxylic acids is 1. The van der Waals surface area contributed by atoms with Crippen LogP contribution in [0.5, 0.6) is 0 Å². The molecule has 1 atom stereocenters. The minimum absolute atomic E-state index is 0.0918. The number of aliphatic carboxylic acids is 1. The van der Waals surface area contributed by atoms with Crippen LogP contribution in [0.4, 0.5) is 4.79 Å². The van der Waals surface area contributed by atoms with Crippen molar-refractivity contribution in [1.82, 2.24) is 10.2 Å². The van der Waals surface area contributed by atoms with Gasteiger partial charge in [0, 0.05) is 19.6 Å². The SMILES string of the molecule is C=C(C)COCCNC(=O)N1CCOC(CC(=O)O)C1. The molecule has 0 bridgehead atoms. The van der Waals surface area contributed by atoms with Crippen LogP contribution in [0.15, 0.2) is 12.2 Å². The van der Waals surface area contributed by atoms with Crippen LogP contribution in [-0.2, 0) is 14.3 Å². The molecule has 0 radical (unpaired) electrons. The lowest BCUT2D eigenvalue weighted by molar-refractivity contribution is -0.141. The Bertz CT molecular complexity index is 359. The third kappa shape index (κ3) is 6.53. The van der Waals surface area contributed by atoms with Crippen LogP contribution in [0, 0.1) is 0 Å². The standard InChI is InChI=1S/C13H22N2O5/c1-10(2)9-19-5-3-14-13(18)15-4-6-20-11(8-15)7-12(16)17/h11H,1,3-9H2,2H3,(H,14,18)(H,16,17). The van der Waals surface area contributed by atoms with E-state index < -0.39 is 12.1 Å². The Morgan fingerprint density at radius 3 is 2.95 bits per heavy atom. The first-order valence-electron chi connectivity index (χ1n) is 6.57. The van der Waals surface area contributed by atoms with Crippen molar-refractivity contribution in [2.24, 2.45) is 0 Å². The van der Waals surface area contributed by atoms with Gasteiger partial charge in [0.25, 0.3) is 0 Å². The van der Waals surface area contributed by atoms with E-state index >= 15 is 0 Å². The van der Waals surface area contributed by atoms with Crippen molar-refractivity contribution >= 4 is 12.0 Å². The van der Waals surface area contributed by atoms with E-state index in [1.165, 1.54) is 0 Å². The quantitative estimate of drug-likeness (QED) is 0.524. The Kier molecular flexibility index (Phi) is 7.03. The van der Waals surface area contributed by atoms with Gasteiger partial charge in [-0.1, -0.05) is 12.2 Å². The van der Waals surface area contributed by atoms with Gasteiger partial charge in [-0.3, -0.25) is 4.79 Å². The van der Waals surface area contributed by atoms with Crippen LogP contribution in [0.25, 0.3) is 0 Å². The summed E-state index contributed by atoms with van der Waals surface area (Å²) in [4.78, 5) is 24.1. The summed E-state index contributed by atoms with van der Waals surface area (Å²) >= 11 is 0. The Morgan fingerprint density at radius 1 is 1.55 bits per heavy atom. The number of carboxylic acid groups (broad SMARTS) is 1. The van der Waals surface area contributed by atoms with Gasteiger partial charge in [0.1, 0.15) is 0 Å². The molecular weight excluding hydrogens is 264 g/mol. The molecule has 114 valence electrons. The zero-order chi connectivity index (χ0) is 15.0. The van der Waals surface area contributed by atoms with Gasteiger partial charge in [-0.25, -0.2) is 4.79 Å². The molecule has 1 heterocycles. The van der Waals surface area contributed by atoms with E-state index in [1.807, 2.05) is 6.92 Å². The van der Waals surface area contributed by atoms with Crippen LogP contribution < -0.4 is 5.32 Å². The predicted octanol–water partition coefficient (Wildman–Crippen LogP) is 0.464. The highest BCUT2D eigenvalue weighted by atomic mass is 16.5. The van der Waals surface area contributed by atoms with Crippen molar-refractivity contribution < 1.29 is 24.2 Å². The number of rotatable bonds is 7. The van der Waals surface area contributed by atoms with Gasteiger partial charge >= 0.3 is 12.0 Å². The number of nitrogens with zero attached hydrogens (tertiary/aromatic N) is 1. The molecule has 0 aromatic heterocycles. The molecule has 0 spiro atoms. The van der Waals surface area contributed by atoms with Crippen LogP contribution in [0.2, 0.25) is 0 Å². The molecular formula is C13H22N2O5. The van der Waals surface area contributed by atoms with Crippen LogP contribution in [-0.4, -0.2) is 67.6 Å². The molecule has 1 unspecified atom stereocenters. The number of carbonyl (C=O) groups is 2. The van der Waals surface area contributed by atoms with Gasteiger partial charge in [0.2, 0.25) is 0 Å². The van der Waals surface area contributed by atoms with Gasteiger partial charge in [-0.2, -0.15) is 0 Å². The second-order valence-electron chi connectivity index (χ2n) is 4.78. The molecule has 1 saturated heterocycles.